The summed E-state index contributed by atoms with van der Waals surface area (Å²) < 4.78 is 11.9. The summed E-state index contributed by atoms with van der Waals surface area (Å²) in [6.07, 6.45) is 8.02. The highest BCUT2D eigenvalue weighted by Gasteiger charge is 2.37. The Morgan fingerprint density at radius 2 is 2.17 bits per heavy atom. The maximum Gasteiger partial charge on any atom is 0.0865 e. The molecule has 2 heteroatoms. The molecule has 1 heterocycles. The molecule has 1 rings (SSSR count). The SMILES string of the molecule is C#CC1CC(C)(C)CP(C)(=O)C1. The molecule has 1 fully saturated rings. The van der Waals surface area contributed by atoms with E-state index in [0.29, 0.717) is 0 Å². The Morgan fingerprint density at radius 3 is 2.58 bits per heavy atom. The molecule has 1 nitrogen and oxygen atoms in total. The summed E-state index contributed by atoms with van der Waals surface area (Å²) in [5.41, 5.74) is 0.180. The predicted octanol–water partition coefficient (Wildman–Crippen LogP) is 2.66. The van der Waals surface area contributed by atoms with Crippen LogP contribution in [0.5, 0.6) is 0 Å². The molecule has 2 atom stereocenters. The minimum absolute atomic E-state index is 0.180. The number of hydrogen-bond acceptors (Lipinski definition) is 1. The van der Waals surface area contributed by atoms with E-state index in [1.807, 2.05) is 6.66 Å². The predicted molar refractivity (Wildman–Crippen MR) is 54.0 cm³/mol. The minimum Gasteiger partial charge on any atom is -0.324 e. The van der Waals surface area contributed by atoms with Gasteiger partial charge in [-0.15, -0.1) is 12.3 Å². The van der Waals surface area contributed by atoms with Crippen molar-refractivity contribution in [3.8, 4) is 12.3 Å². The van der Waals surface area contributed by atoms with Crippen LogP contribution >= 0.6 is 7.14 Å². The summed E-state index contributed by atoms with van der Waals surface area (Å²) in [6.45, 7) is 6.21. The van der Waals surface area contributed by atoms with E-state index in [9.17, 15) is 4.57 Å². The fourth-order valence-corrected chi connectivity index (χ4v) is 5.58. The second-order valence-corrected chi connectivity index (χ2v) is 8.14. The Kier molecular flexibility index (Phi) is 2.41. The van der Waals surface area contributed by atoms with Crippen LogP contribution in [-0.4, -0.2) is 19.0 Å². The average molecular weight is 184 g/mol. The fraction of sp³-hybridized carbons (Fsp3) is 0.800. The normalized spacial score (nSPS) is 40.3. The third kappa shape index (κ3) is 2.39. The number of hydrogen-bond donors (Lipinski definition) is 0. The van der Waals surface area contributed by atoms with E-state index in [1.54, 1.807) is 0 Å². The zero-order valence-electron chi connectivity index (χ0n) is 8.13. The summed E-state index contributed by atoms with van der Waals surface area (Å²) in [7, 11) is -1.92. The molecule has 1 aliphatic heterocycles. The Labute approximate surface area is 75.3 Å². The monoisotopic (exact) mass is 184 g/mol. The van der Waals surface area contributed by atoms with Crippen LogP contribution in [0.25, 0.3) is 0 Å². The molecule has 0 aliphatic carbocycles. The molecule has 0 aromatic carbocycles. The van der Waals surface area contributed by atoms with Gasteiger partial charge < -0.3 is 4.57 Å². The molecule has 0 bridgehead atoms. The van der Waals surface area contributed by atoms with E-state index in [0.717, 1.165) is 18.7 Å². The van der Waals surface area contributed by atoms with E-state index >= 15 is 0 Å². The summed E-state index contributed by atoms with van der Waals surface area (Å²) >= 11 is 0. The molecular formula is C10H17OP. The van der Waals surface area contributed by atoms with E-state index < -0.39 is 7.14 Å². The Morgan fingerprint density at radius 1 is 1.58 bits per heavy atom. The minimum atomic E-state index is -1.92. The molecule has 0 radical (unpaired) electrons. The molecule has 0 aromatic rings. The van der Waals surface area contributed by atoms with Crippen molar-refractivity contribution in [2.75, 3.05) is 19.0 Å². The van der Waals surface area contributed by atoms with E-state index in [1.165, 1.54) is 0 Å². The van der Waals surface area contributed by atoms with E-state index in [-0.39, 0.29) is 11.3 Å². The molecule has 0 aromatic heterocycles. The van der Waals surface area contributed by atoms with Gasteiger partial charge in [0.1, 0.15) is 0 Å². The lowest BCUT2D eigenvalue weighted by molar-refractivity contribution is 0.326. The van der Waals surface area contributed by atoms with Crippen LogP contribution in [0.3, 0.4) is 0 Å². The first-order chi connectivity index (χ1) is 5.35. The van der Waals surface area contributed by atoms with E-state index in [2.05, 4.69) is 19.8 Å². The lowest BCUT2D eigenvalue weighted by Crippen LogP contribution is -2.28. The zero-order valence-corrected chi connectivity index (χ0v) is 9.03. The average Bonchev–Trinajstić information content (AvgIpc) is 1.80. The second-order valence-electron chi connectivity index (χ2n) is 4.87. The van der Waals surface area contributed by atoms with Gasteiger partial charge in [-0.3, -0.25) is 0 Å². The smallest absolute Gasteiger partial charge is 0.0865 e. The van der Waals surface area contributed by atoms with Gasteiger partial charge in [-0.25, -0.2) is 0 Å². The molecule has 2 unspecified atom stereocenters. The first kappa shape index (κ1) is 9.87. The first-order valence-electron chi connectivity index (χ1n) is 4.36. The van der Waals surface area contributed by atoms with Crippen molar-refractivity contribution in [2.45, 2.75) is 20.3 Å². The van der Waals surface area contributed by atoms with Crippen LogP contribution in [0.15, 0.2) is 0 Å². The van der Waals surface area contributed by atoms with Gasteiger partial charge in [0.15, 0.2) is 0 Å². The van der Waals surface area contributed by atoms with Crippen molar-refractivity contribution < 1.29 is 4.57 Å². The largest absolute Gasteiger partial charge is 0.324 e. The lowest BCUT2D eigenvalue weighted by Gasteiger charge is -2.36. The third-order valence-electron chi connectivity index (χ3n) is 2.40. The highest BCUT2D eigenvalue weighted by molar-refractivity contribution is 7.63. The summed E-state index contributed by atoms with van der Waals surface area (Å²) in [5, 5.41) is 0. The molecule has 0 N–H and O–H groups in total. The van der Waals surface area contributed by atoms with Gasteiger partial charge in [0.25, 0.3) is 0 Å². The van der Waals surface area contributed by atoms with Gasteiger partial charge in [-0.2, -0.15) is 0 Å². The summed E-state index contributed by atoms with van der Waals surface area (Å²) in [4.78, 5) is 0. The number of terminal acetylenes is 1. The molecule has 12 heavy (non-hydrogen) atoms. The second kappa shape index (κ2) is 2.93. The van der Waals surface area contributed by atoms with Gasteiger partial charge in [0.05, 0.1) is 7.14 Å². The quantitative estimate of drug-likeness (QED) is 0.418. The maximum absolute atomic E-state index is 11.9. The van der Waals surface area contributed by atoms with Crippen LogP contribution < -0.4 is 0 Å². The van der Waals surface area contributed by atoms with Crippen molar-refractivity contribution in [2.24, 2.45) is 11.3 Å². The topological polar surface area (TPSA) is 17.1 Å². The number of rotatable bonds is 0. The zero-order chi connectivity index (χ0) is 9.41. The molecule has 0 spiro atoms. The highest BCUT2D eigenvalue weighted by Crippen LogP contribution is 2.54. The van der Waals surface area contributed by atoms with Gasteiger partial charge >= 0.3 is 0 Å². The molecule has 0 amide bonds. The van der Waals surface area contributed by atoms with Gasteiger partial charge in [0, 0.05) is 18.2 Å². The van der Waals surface area contributed by atoms with Crippen molar-refractivity contribution in [3.05, 3.63) is 0 Å². The van der Waals surface area contributed by atoms with Gasteiger partial charge in [-0.1, -0.05) is 13.8 Å². The Balaban J connectivity index is 2.82. The first-order valence-corrected chi connectivity index (χ1v) is 6.89. The van der Waals surface area contributed by atoms with Crippen molar-refractivity contribution in [3.63, 3.8) is 0 Å². The van der Waals surface area contributed by atoms with Gasteiger partial charge in [0.2, 0.25) is 0 Å². The molecule has 1 saturated heterocycles. The van der Waals surface area contributed by atoms with Crippen LogP contribution in [0.1, 0.15) is 20.3 Å². The maximum atomic E-state index is 11.9. The molecule has 0 saturated carbocycles. The Bertz CT molecular complexity index is 260. The van der Waals surface area contributed by atoms with Crippen molar-refractivity contribution >= 4 is 7.14 Å². The molecule has 68 valence electrons. The summed E-state index contributed by atoms with van der Waals surface area (Å²) in [6, 6.07) is 0. The van der Waals surface area contributed by atoms with Crippen LogP contribution in [0, 0.1) is 23.7 Å². The molecular weight excluding hydrogens is 167 g/mol. The Hall–Kier alpha value is -0.210. The van der Waals surface area contributed by atoms with Crippen molar-refractivity contribution in [1.29, 1.82) is 0 Å². The molecule has 1 aliphatic rings. The standard InChI is InChI=1S/C10H17OP/c1-5-9-6-10(2,3)8-12(4,11)7-9/h1,9H,6-8H2,2-4H3. The van der Waals surface area contributed by atoms with Crippen LogP contribution in [0.2, 0.25) is 0 Å². The third-order valence-corrected chi connectivity index (χ3v) is 5.14. The van der Waals surface area contributed by atoms with Gasteiger partial charge in [-0.05, 0) is 18.5 Å². The lowest BCUT2D eigenvalue weighted by atomic mass is 9.85. The van der Waals surface area contributed by atoms with Crippen LogP contribution in [-0.2, 0) is 4.57 Å². The fourth-order valence-electron chi connectivity index (χ4n) is 2.34. The summed E-state index contributed by atoms with van der Waals surface area (Å²) in [5.74, 6) is 2.98. The highest BCUT2D eigenvalue weighted by atomic mass is 31.2. The van der Waals surface area contributed by atoms with Crippen LogP contribution in [0.4, 0.5) is 0 Å². The van der Waals surface area contributed by atoms with Crippen molar-refractivity contribution in [1.82, 2.24) is 0 Å². The van der Waals surface area contributed by atoms with E-state index in [4.69, 9.17) is 6.42 Å².